The van der Waals surface area contributed by atoms with Crippen LogP contribution in [-0.4, -0.2) is 31.1 Å². The van der Waals surface area contributed by atoms with E-state index in [2.05, 4.69) is 17.6 Å². The fourth-order valence-electron chi connectivity index (χ4n) is 2.30. The van der Waals surface area contributed by atoms with Crippen LogP contribution in [-0.2, 0) is 4.79 Å². The van der Waals surface area contributed by atoms with Gasteiger partial charge in [0, 0.05) is 12.6 Å². The number of halogens is 2. The van der Waals surface area contributed by atoms with E-state index in [0.717, 1.165) is 19.5 Å². The summed E-state index contributed by atoms with van der Waals surface area (Å²) in [5, 5.41) is 7.04. The van der Waals surface area contributed by atoms with Gasteiger partial charge < -0.3 is 15.4 Å². The lowest BCUT2D eigenvalue weighted by Crippen LogP contribution is -2.52. The Labute approximate surface area is 135 Å². The summed E-state index contributed by atoms with van der Waals surface area (Å²) >= 11 is 12.0. The maximum absolute atomic E-state index is 12.2. The second kappa shape index (κ2) is 7.34. The van der Waals surface area contributed by atoms with Crippen molar-refractivity contribution in [3.8, 4) is 5.75 Å². The first kappa shape index (κ1) is 16.4. The van der Waals surface area contributed by atoms with Gasteiger partial charge >= 0.3 is 0 Å². The molecule has 1 aromatic rings. The summed E-state index contributed by atoms with van der Waals surface area (Å²) < 4.78 is 5.62. The van der Waals surface area contributed by atoms with Crippen molar-refractivity contribution < 1.29 is 9.53 Å². The summed E-state index contributed by atoms with van der Waals surface area (Å²) in [7, 11) is 0. The number of rotatable bonds is 4. The van der Waals surface area contributed by atoms with Gasteiger partial charge in [0.2, 0.25) is 0 Å². The molecule has 0 aliphatic carbocycles. The third kappa shape index (κ3) is 4.25. The molecule has 116 valence electrons. The van der Waals surface area contributed by atoms with E-state index in [4.69, 9.17) is 27.9 Å². The van der Waals surface area contributed by atoms with Crippen molar-refractivity contribution in [1.29, 1.82) is 0 Å². The number of piperidine rings is 1. The van der Waals surface area contributed by atoms with E-state index in [9.17, 15) is 4.79 Å². The van der Waals surface area contributed by atoms with Gasteiger partial charge in [0.1, 0.15) is 10.8 Å². The predicted octanol–water partition coefficient (Wildman–Crippen LogP) is 2.87. The number of ether oxygens (including phenoxy) is 1. The summed E-state index contributed by atoms with van der Waals surface area (Å²) in [6.07, 6.45) is 0.426. The molecule has 6 heteroatoms. The van der Waals surface area contributed by atoms with E-state index < -0.39 is 6.10 Å². The second-order valence-electron chi connectivity index (χ2n) is 5.40. The van der Waals surface area contributed by atoms with Crippen LogP contribution in [0.25, 0.3) is 0 Å². The molecule has 1 saturated heterocycles. The van der Waals surface area contributed by atoms with Gasteiger partial charge in [-0.25, -0.2) is 0 Å². The molecule has 4 nitrogen and oxygen atoms in total. The van der Waals surface area contributed by atoms with Crippen molar-refractivity contribution >= 4 is 29.1 Å². The van der Waals surface area contributed by atoms with Crippen LogP contribution in [0.4, 0.5) is 0 Å². The molecule has 21 heavy (non-hydrogen) atoms. The lowest BCUT2D eigenvalue weighted by atomic mass is 9.95. The molecule has 0 saturated carbocycles. The molecule has 1 aromatic carbocycles. The highest BCUT2D eigenvalue weighted by Crippen LogP contribution is 2.32. The zero-order chi connectivity index (χ0) is 15.4. The molecule has 3 unspecified atom stereocenters. The minimum atomic E-state index is -0.630. The Morgan fingerprint density at radius 3 is 2.95 bits per heavy atom. The molecular formula is C15H20Cl2N2O2. The second-order valence-corrected chi connectivity index (χ2v) is 6.18. The van der Waals surface area contributed by atoms with E-state index in [1.54, 1.807) is 25.1 Å². The van der Waals surface area contributed by atoms with Gasteiger partial charge in [-0.3, -0.25) is 4.79 Å². The molecule has 2 N–H and O–H groups in total. The molecule has 0 aromatic heterocycles. The van der Waals surface area contributed by atoms with Crippen LogP contribution in [0.3, 0.4) is 0 Å². The fraction of sp³-hybridized carbons (Fsp3) is 0.533. The van der Waals surface area contributed by atoms with E-state index in [1.165, 1.54) is 0 Å². The first-order valence-corrected chi connectivity index (χ1v) is 7.86. The van der Waals surface area contributed by atoms with E-state index >= 15 is 0 Å². The van der Waals surface area contributed by atoms with Gasteiger partial charge in [0.05, 0.1) is 5.02 Å². The van der Waals surface area contributed by atoms with E-state index in [1.807, 2.05) is 0 Å². The zero-order valence-electron chi connectivity index (χ0n) is 12.2. The highest BCUT2D eigenvalue weighted by atomic mass is 35.5. The average Bonchev–Trinajstić information content (AvgIpc) is 2.46. The standard InChI is InChI=1S/C15H20Cl2N2O2/c1-9-6-7-18-8-12(9)19-15(20)10(2)21-13-5-3-4-11(16)14(13)17/h3-5,9-10,12,18H,6-8H2,1-2H3,(H,19,20). The van der Waals surface area contributed by atoms with Gasteiger partial charge in [-0.1, -0.05) is 36.2 Å². The number of benzene rings is 1. The third-order valence-electron chi connectivity index (χ3n) is 3.74. The lowest BCUT2D eigenvalue weighted by Gasteiger charge is -2.31. The van der Waals surface area contributed by atoms with E-state index in [-0.39, 0.29) is 11.9 Å². The Bertz CT molecular complexity index is 510. The smallest absolute Gasteiger partial charge is 0.261 e. The highest BCUT2D eigenvalue weighted by Gasteiger charge is 2.25. The van der Waals surface area contributed by atoms with Crippen LogP contribution in [0.5, 0.6) is 5.75 Å². The molecule has 1 amide bonds. The molecule has 1 heterocycles. The number of nitrogens with one attached hydrogen (secondary N) is 2. The topological polar surface area (TPSA) is 50.4 Å². The molecule has 2 rings (SSSR count). The summed E-state index contributed by atoms with van der Waals surface area (Å²) in [5.41, 5.74) is 0. The van der Waals surface area contributed by atoms with Crippen LogP contribution in [0.1, 0.15) is 20.3 Å². The number of amides is 1. The number of hydrogen-bond acceptors (Lipinski definition) is 3. The maximum Gasteiger partial charge on any atom is 0.261 e. The van der Waals surface area contributed by atoms with Gasteiger partial charge in [-0.05, 0) is 37.9 Å². The molecule has 0 radical (unpaired) electrons. The molecule has 0 spiro atoms. The van der Waals surface area contributed by atoms with Crippen LogP contribution in [0, 0.1) is 5.92 Å². The molecule has 1 aliphatic rings. The number of hydrogen-bond donors (Lipinski definition) is 2. The molecule has 1 fully saturated rings. The van der Waals surface area contributed by atoms with Gasteiger partial charge in [0.25, 0.3) is 5.91 Å². The summed E-state index contributed by atoms with van der Waals surface area (Å²) in [4.78, 5) is 12.2. The maximum atomic E-state index is 12.2. The summed E-state index contributed by atoms with van der Waals surface area (Å²) in [6, 6.07) is 5.24. The Kier molecular flexibility index (Phi) is 5.73. The first-order chi connectivity index (χ1) is 9.99. The predicted molar refractivity (Wildman–Crippen MR) is 85.1 cm³/mol. The van der Waals surface area contributed by atoms with Crippen LogP contribution < -0.4 is 15.4 Å². The monoisotopic (exact) mass is 330 g/mol. The van der Waals surface area contributed by atoms with E-state index in [0.29, 0.717) is 21.7 Å². The molecule has 3 atom stereocenters. The summed E-state index contributed by atoms with van der Waals surface area (Å²) in [6.45, 7) is 5.63. The number of carbonyl (C=O) groups is 1. The molecule has 1 aliphatic heterocycles. The minimum absolute atomic E-state index is 0.132. The first-order valence-electron chi connectivity index (χ1n) is 7.10. The molecular weight excluding hydrogens is 311 g/mol. The minimum Gasteiger partial charge on any atom is -0.479 e. The van der Waals surface area contributed by atoms with Crippen molar-refractivity contribution in [2.45, 2.75) is 32.4 Å². The quantitative estimate of drug-likeness (QED) is 0.892. The van der Waals surface area contributed by atoms with Crippen molar-refractivity contribution in [3.63, 3.8) is 0 Å². The van der Waals surface area contributed by atoms with Crippen LogP contribution in [0.15, 0.2) is 18.2 Å². The Balaban J connectivity index is 1.94. The lowest BCUT2D eigenvalue weighted by molar-refractivity contribution is -0.128. The largest absolute Gasteiger partial charge is 0.479 e. The van der Waals surface area contributed by atoms with Crippen molar-refractivity contribution in [3.05, 3.63) is 28.2 Å². The molecule has 0 bridgehead atoms. The average molecular weight is 331 g/mol. The van der Waals surface area contributed by atoms with Crippen LogP contribution >= 0.6 is 23.2 Å². The normalized spacial score (nSPS) is 23.4. The Morgan fingerprint density at radius 1 is 1.48 bits per heavy atom. The number of carbonyl (C=O) groups excluding carboxylic acids is 1. The van der Waals surface area contributed by atoms with Crippen LogP contribution in [0.2, 0.25) is 10.0 Å². The summed E-state index contributed by atoms with van der Waals surface area (Å²) in [5.74, 6) is 0.727. The van der Waals surface area contributed by atoms with Crippen molar-refractivity contribution in [1.82, 2.24) is 10.6 Å². The van der Waals surface area contributed by atoms with Crippen molar-refractivity contribution in [2.24, 2.45) is 5.92 Å². The Morgan fingerprint density at radius 2 is 2.24 bits per heavy atom. The fourth-order valence-corrected chi connectivity index (χ4v) is 2.64. The van der Waals surface area contributed by atoms with Gasteiger partial charge in [0.15, 0.2) is 6.10 Å². The SMILES string of the molecule is CC(Oc1cccc(Cl)c1Cl)C(=O)NC1CNCCC1C. The third-order valence-corrected chi connectivity index (χ3v) is 4.55. The Hall–Kier alpha value is -0.970. The van der Waals surface area contributed by atoms with Gasteiger partial charge in [-0.2, -0.15) is 0 Å². The highest BCUT2D eigenvalue weighted by molar-refractivity contribution is 6.42. The zero-order valence-corrected chi connectivity index (χ0v) is 13.7. The van der Waals surface area contributed by atoms with Gasteiger partial charge in [-0.15, -0.1) is 0 Å². The van der Waals surface area contributed by atoms with Crippen molar-refractivity contribution in [2.75, 3.05) is 13.1 Å².